The molecule has 4 rings (SSSR count). The van der Waals surface area contributed by atoms with Crippen LogP contribution in [0.1, 0.15) is 25.2 Å². The van der Waals surface area contributed by atoms with Gasteiger partial charge in [-0.05, 0) is 57.2 Å². The first-order valence-corrected chi connectivity index (χ1v) is 13.0. The van der Waals surface area contributed by atoms with Crippen molar-refractivity contribution in [2.24, 2.45) is 0 Å². The second kappa shape index (κ2) is 11.1. The quantitative estimate of drug-likeness (QED) is 0.403. The zero-order chi connectivity index (χ0) is 24.9. The number of benzene rings is 2. The molecule has 0 saturated carbocycles. The third kappa shape index (κ3) is 6.00. The molecule has 0 radical (unpaired) electrons. The largest absolute Gasteiger partial charge is 0.477 e. The van der Waals surface area contributed by atoms with E-state index < -0.39 is 10.1 Å². The van der Waals surface area contributed by atoms with Gasteiger partial charge in [0.15, 0.2) is 16.9 Å². The lowest BCUT2D eigenvalue weighted by Crippen LogP contribution is -2.35. The predicted octanol–water partition coefficient (Wildman–Crippen LogP) is 4.68. The normalized spacial score (nSPS) is 15.1. The van der Waals surface area contributed by atoms with Gasteiger partial charge in [0, 0.05) is 24.2 Å². The van der Waals surface area contributed by atoms with Crippen LogP contribution in [0.15, 0.2) is 65.4 Å². The smallest absolute Gasteiger partial charge is 0.294 e. The molecule has 9 heteroatoms. The van der Waals surface area contributed by atoms with Crippen LogP contribution in [0.2, 0.25) is 5.02 Å². The van der Waals surface area contributed by atoms with Crippen LogP contribution in [0.5, 0.6) is 0 Å². The predicted molar refractivity (Wildman–Crippen MR) is 135 cm³/mol. The number of imidazole rings is 1. The third-order valence-corrected chi connectivity index (χ3v) is 6.66. The first-order chi connectivity index (χ1) is 16.2. The summed E-state index contributed by atoms with van der Waals surface area (Å²) in [6, 6.07) is 12.1. The molecule has 1 saturated heterocycles. The summed E-state index contributed by atoms with van der Waals surface area (Å²) >= 11 is 6.19. The fourth-order valence-electron chi connectivity index (χ4n) is 3.79. The molecular weight excluding hydrogens is 474 g/mol. The highest BCUT2D eigenvalue weighted by Gasteiger charge is 2.21. The summed E-state index contributed by atoms with van der Waals surface area (Å²) in [4.78, 5) is 2.05. The van der Waals surface area contributed by atoms with E-state index in [0.29, 0.717) is 0 Å². The molecule has 1 aromatic heterocycles. The van der Waals surface area contributed by atoms with E-state index in [2.05, 4.69) is 46.1 Å². The Hall–Kier alpha value is -2.81. The van der Waals surface area contributed by atoms with E-state index in [0.717, 1.165) is 42.7 Å². The Bertz CT molecular complexity index is 1310. The summed E-state index contributed by atoms with van der Waals surface area (Å²) in [6.07, 6.45) is 6.23. The van der Waals surface area contributed by atoms with E-state index in [1.807, 2.05) is 32.2 Å². The standard InChI is InChI=1S/C18H23ClN3O.C7H8O3S/c1-4-21-15-10-9-14(19)13-16(15)22(5-2)17(21)7-6-8-18-20(3)11-12-23-18;1-6-2-4-7(5-3-6)11(8,9)10/h6-10,13H,4-5,11-12H2,1-3H3;2-5H,1H3,(H,8,9,10)/q+1;. The van der Waals surface area contributed by atoms with Crippen LogP contribution < -0.4 is 4.57 Å². The SMILES string of the molecule is CCn1c(/C=C/C=C2\OCCN2C)[n+](CC)c2ccc(Cl)cc21.Cc1ccc(S(=O)(=O)O)cc1. The highest BCUT2D eigenvalue weighted by Crippen LogP contribution is 2.21. The third-order valence-electron chi connectivity index (χ3n) is 5.56. The van der Waals surface area contributed by atoms with E-state index in [1.165, 1.54) is 29.0 Å². The number of allylic oxidation sites excluding steroid dienone is 2. The van der Waals surface area contributed by atoms with Crippen molar-refractivity contribution in [3.63, 3.8) is 0 Å². The van der Waals surface area contributed by atoms with Crippen molar-refractivity contribution in [3.05, 3.63) is 76.9 Å². The molecule has 0 aliphatic carbocycles. The number of hydrogen-bond donors (Lipinski definition) is 1. The van der Waals surface area contributed by atoms with Crippen LogP contribution in [-0.4, -0.2) is 42.6 Å². The van der Waals surface area contributed by atoms with Crippen LogP contribution in [0.3, 0.4) is 0 Å². The highest BCUT2D eigenvalue weighted by atomic mass is 35.5. The van der Waals surface area contributed by atoms with E-state index in [4.69, 9.17) is 20.9 Å². The molecule has 7 nitrogen and oxygen atoms in total. The number of nitrogens with zero attached hydrogens (tertiary/aromatic N) is 3. The van der Waals surface area contributed by atoms with Crippen molar-refractivity contribution in [2.75, 3.05) is 20.2 Å². The van der Waals surface area contributed by atoms with Gasteiger partial charge in [-0.2, -0.15) is 8.42 Å². The summed E-state index contributed by atoms with van der Waals surface area (Å²) < 4.78 is 39.7. The number of ether oxygens (including phenoxy) is 1. The van der Waals surface area contributed by atoms with Gasteiger partial charge in [-0.25, -0.2) is 9.13 Å². The number of likely N-dealkylation sites (N-methyl/N-ethyl adjacent to an activating group) is 1. The molecular formula is C25H31ClN3O4S+. The molecule has 0 spiro atoms. The Morgan fingerprint density at radius 2 is 1.88 bits per heavy atom. The van der Waals surface area contributed by atoms with Crippen molar-refractivity contribution < 1.29 is 22.3 Å². The molecule has 34 heavy (non-hydrogen) atoms. The van der Waals surface area contributed by atoms with Crippen molar-refractivity contribution in [1.29, 1.82) is 0 Å². The summed E-state index contributed by atoms with van der Waals surface area (Å²) in [7, 11) is -1.97. The number of fused-ring (bicyclic) bond motifs is 1. The van der Waals surface area contributed by atoms with Gasteiger partial charge in [-0.15, -0.1) is 0 Å². The van der Waals surface area contributed by atoms with Crippen molar-refractivity contribution in [1.82, 2.24) is 9.47 Å². The average molecular weight is 505 g/mol. The number of halogens is 1. The second-order valence-corrected chi connectivity index (χ2v) is 9.76. The summed E-state index contributed by atoms with van der Waals surface area (Å²) in [5.74, 6) is 2.09. The van der Waals surface area contributed by atoms with E-state index in [1.54, 1.807) is 12.1 Å². The lowest BCUT2D eigenvalue weighted by Gasteiger charge is -2.07. The highest BCUT2D eigenvalue weighted by molar-refractivity contribution is 7.85. The molecule has 2 heterocycles. The summed E-state index contributed by atoms with van der Waals surface area (Å²) in [5, 5.41) is 0.770. The second-order valence-electron chi connectivity index (χ2n) is 7.90. The van der Waals surface area contributed by atoms with E-state index in [9.17, 15) is 8.42 Å². The molecule has 1 aliphatic heterocycles. The Labute approximate surface area is 206 Å². The van der Waals surface area contributed by atoms with Crippen LogP contribution >= 0.6 is 11.6 Å². The maximum atomic E-state index is 10.5. The molecule has 0 bridgehead atoms. The first kappa shape index (κ1) is 25.8. The van der Waals surface area contributed by atoms with Crippen LogP contribution in [0.25, 0.3) is 17.1 Å². The van der Waals surface area contributed by atoms with Crippen molar-refractivity contribution in [3.8, 4) is 0 Å². The Morgan fingerprint density at radius 3 is 2.44 bits per heavy atom. The molecule has 0 atom stereocenters. The Morgan fingerprint density at radius 1 is 1.18 bits per heavy atom. The van der Waals surface area contributed by atoms with Gasteiger partial charge in [-0.3, -0.25) is 4.55 Å². The maximum Gasteiger partial charge on any atom is 0.294 e. The monoisotopic (exact) mass is 504 g/mol. The molecule has 1 aliphatic rings. The van der Waals surface area contributed by atoms with Gasteiger partial charge in [0.25, 0.3) is 15.9 Å². The van der Waals surface area contributed by atoms with E-state index in [-0.39, 0.29) is 4.90 Å². The zero-order valence-corrected chi connectivity index (χ0v) is 21.5. The first-order valence-electron chi connectivity index (χ1n) is 11.1. The fourth-order valence-corrected chi connectivity index (χ4v) is 4.43. The minimum Gasteiger partial charge on any atom is -0.477 e. The van der Waals surface area contributed by atoms with Crippen LogP contribution in [0.4, 0.5) is 0 Å². The zero-order valence-electron chi connectivity index (χ0n) is 19.9. The minimum absolute atomic E-state index is 0.0666. The number of aryl methyl sites for hydroxylation is 3. The van der Waals surface area contributed by atoms with Gasteiger partial charge < -0.3 is 9.64 Å². The lowest BCUT2D eigenvalue weighted by atomic mass is 10.2. The molecule has 1 fully saturated rings. The molecule has 2 aromatic carbocycles. The maximum absolute atomic E-state index is 10.5. The average Bonchev–Trinajstić information content (AvgIpc) is 3.33. The molecule has 0 unspecified atom stereocenters. The van der Waals surface area contributed by atoms with Gasteiger partial charge in [0.1, 0.15) is 6.61 Å². The number of aromatic nitrogens is 2. The van der Waals surface area contributed by atoms with Gasteiger partial charge in [-0.1, -0.05) is 29.3 Å². The van der Waals surface area contributed by atoms with Gasteiger partial charge in [0.05, 0.1) is 24.5 Å². The molecule has 0 amide bonds. The fraction of sp³-hybridized carbons (Fsp3) is 0.320. The Balaban J connectivity index is 0.000000248. The molecule has 182 valence electrons. The van der Waals surface area contributed by atoms with Gasteiger partial charge in [0.2, 0.25) is 0 Å². The van der Waals surface area contributed by atoms with Crippen molar-refractivity contribution >= 4 is 38.8 Å². The Kier molecular flexibility index (Phi) is 8.41. The van der Waals surface area contributed by atoms with Gasteiger partial charge >= 0.3 is 0 Å². The summed E-state index contributed by atoms with van der Waals surface area (Å²) in [5.41, 5.74) is 3.33. The lowest BCUT2D eigenvalue weighted by molar-refractivity contribution is -0.670. The number of hydrogen-bond acceptors (Lipinski definition) is 4. The topological polar surface area (TPSA) is 75.6 Å². The number of rotatable bonds is 5. The van der Waals surface area contributed by atoms with E-state index >= 15 is 0 Å². The van der Waals surface area contributed by atoms with Crippen molar-refractivity contribution in [2.45, 2.75) is 38.8 Å². The minimum atomic E-state index is -4.02. The van der Waals surface area contributed by atoms with Crippen LogP contribution in [0, 0.1) is 6.92 Å². The summed E-state index contributed by atoms with van der Waals surface area (Å²) in [6.45, 7) is 9.69. The van der Waals surface area contributed by atoms with Crippen LogP contribution in [-0.2, 0) is 27.9 Å². The molecule has 1 N–H and O–H groups in total. The molecule has 3 aromatic rings.